The molecular formula is C11H18N4O2. The lowest BCUT2D eigenvalue weighted by Gasteiger charge is -2.31. The average molecular weight is 238 g/mol. The van der Waals surface area contributed by atoms with E-state index < -0.39 is 0 Å². The van der Waals surface area contributed by atoms with Crippen LogP contribution in [0.2, 0.25) is 0 Å². The van der Waals surface area contributed by atoms with Crippen molar-refractivity contribution in [2.24, 2.45) is 0 Å². The number of carbonyl (C=O) groups excluding carboxylic acids is 1. The number of amides is 1. The Bertz CT molecular complexity index is 391. The zero-order valence-corrected chi connectivity index (χ0v) is 10.2. The molecule has 0 aliphatic carbocycles. The normalized spacial score (nSPS) is 20.0. The second-order valence-electron chi connectivity index (χ2n) is 4.29. The van der Waals surface area contributed by atoms with Crippen LogP contribution >= 0.6 is 0 Å². The van der Waals surface area contributed by atoms with Crippen molar-refractivity contribution in [1.82, 2.24) is 19.8 Å². The number of likely N-dealkylation sites (N-methyl/N-ethyl adjacent to an activating group) is 1. The Kier molecular flexibility index (Phi) is 3.75. The molecule has 0 fully saturated rings. The first-order chi connectivity index (χ1) is 8.22. The Morgan fingerprint density at radius 2 is 2.53 bits per heavy atom. The van der Waals surface area contributed by atoms with E-state index in [1.807, 2.05) is 17.8 Å². The van der Waals surface area contributed by atoms with Crippen molar-refractivity contribution < 1.29 is 9.53 Å². The molecule has 1 aliphatic rings. The fraction of sp³-hybridized carbons (Fsp3) is 0.636. The van der Waals surface area contributed by atoms with E-state index in [1.54, 1.807) is 13.4 Å². The highest BCUT2D eigenvalue weighted by atomic mass is 16.5. The lowest BCUT2D eigenvalue weighted by atomic mass is 10.2. The molecule has 1 unspecified atom stereocenters. The number of methoxy groups -OCH3 is 1. The van der Waals surface area contributed by atoms with Gasteiger partial charge in [-0.05, 0) is 7.05 Å². The SMILES string of the molecule is COCCNC(=O)C1CN(C)Cc2cncn21. The summed E-state index contributed by atoms with van der Waals surface area (Å²) in [6.45, 7) is 2.62. The summed E-state index contributed by atoms with van der Waals surface area (Å²) < 4.78 is 6.86. The van der Waals surface area contributed by atoms with Gasteiger partial charge in [-0.25, -0.2) is 4.98 Å². The summed E-state index contributed by atoms with van der Waals surface area (Å²) in [5, 5.41) is 2.87. The van der Waals surface area contributed by atoms with Crippen LogP contribution in [-0.2, 0) is 16.1 Å². The third-order valence-corrected chi connectivity index (χ3v) is 2.91. The standard InChI is InChI=1S/C11H18N4O2/c1-14-6-9-5-12-8-15(9)10(7-14)11(16)13-3-4-17-2/h5,8,10H,3-4,6-7H2,1-2H3,(H,13,16). The molecule has 1 aromatic rings. The number of nitrogens with zero attached hydrogens (tertiary/aromatic N) is 3. The summed E-state index contributed by atoms with van der Waals surface area (Å²) in [6.07, 6.45) is 3.54. The molecule has 1 aromatic heterocycles. The van der Waals surface area contributed by atoms with E-state index >= 15 is 0 Å². The molecule has 0 saturated heterocycles. The van der Waals surface area contributed by atoms with Gasteiger partial charge < -0.3 is 14.6 Å². The second-order valence-corrected chi connectivity index (χ2v) is 4.29. The smallest absolute Gasteiger partial charge is 0.244 e. The monoisotopic (exact) mass is 238 g/mol. The molecular weight excluding hydrogens is 220 g/mol. The van der Waals surface area contributed by atoms with E-state index in [9.17, 15) is 4.79 Å². The van der Waals surface area contributed by atoms with E-state index in [4.69, 9.17) is 4.74 Å². The molecule has 17 heavy (non-hydrogen) atoms. The molecule has 1 atom stereocenters. The molecule has 1 amide bonds. The Hall–Kier alpha value is -1.40. The van der Waals surface area contributed by atoms with Gasteiger partial charge in [0, 0.05) is 32.9 Å². The van der Waals surface area contributed by atoms with E-state index in [-0.39, 0.29) is 11.9 Å². The maximum absolute atomic E-state index is 12.0. The van der Waals surface area contributed by atoms with Crippen LogP contribution < -0.4 is 5.32 Å². The highest BCUT2D eigenvalue weighted by molar-refractivity contribution is 5.80. The highest BCUT2D eigenvalue weighted by Crippen LogP contribution is 2.19. The Labute approximate surface area is 101 Å². The predicted molar refractivity (Wildman–Crippen MR) is 62.5 cm³/mol. The number of nitrogens with one attached hydrogen (secondary N) is 1. The van der Waals surface area contributed by atoms with Crippen molar-refractivity contribution in [2.45, 2.75) is 12.6 Å². The topological polar surface area (TPSA) is 59.4 Å². The minimum Gasteiger partial charge on any atom is -0.383 e. The number of ether oxygens (including phenoxy) is 1. The molecule has 1 aliphatic heterocycles. The molecule has 6 heteroatoms. The first kappa shape index (κ1) is 12.1. The van der Waals surface area contributed by atoms with Gasteiger partial charge in [-0.3, -0.25) is 9.69 Å². The van der Waals surface area contributed by atoms with Crippen LogP contribution in [0.4, 0.5) is 0 Å². The van der Waals surface area contributed by atoms with Crippen LogP contribution in [0, 0.1) is 0 Å². The molecule has 6 nitrogen and oxygen atoms in total. The summed E-state index contributed by atoms with van der Waals surface area (Å²) in [4.78, 5) is 18.3. The van der Waals surface area contributed by atoms with E-state index in [0.29, 0.717) is 19.7 Å². The molecule has 0 radical (unpaired) electrons. The summed E-state index contributed by atoms with van der Waals surface area (Å²) in [5.74, 6) is 0.0212. The van der Waals surface area contributed by atoms with Crippen LogP contribution in [-0.4, -0.2) is 54.2 Å². The van der Waals surface area contributed by atoms with E-state index in [0.717, 1.165) is 12.2 Å². The summed E-state index contributed by atoms with van der Waals surface area (Å²) in [7, 11) is 3.63. The number of fused-ring (bicyclic) bond motifs is 1. The molecule has 1 N–H and O–H groups in total. The first-order valence-corrected chi connectivity index (χ1v) is 5.68. The maximum atomic E-state index is 12.0. The van der Waals surface area contributed by atoms with Gasteiger partial charge in [0.15, 0.2) is 0 Å². The number of hydrogen-bond acceptors (Lipinski definition) is 4. The van der Waals surface area contributed by atoms with Gasteiger partial charge in [-0.1, -0.05) is 0 Å². The maximum Gasteiger partial charge on any atom is 0.244 e. The first-order valence-electron chi connectivity index (χ1n) is 5.68. The zero-order chi connectivity index (χ0) is 12.3. The number of rotatable bonds is 4. The van der Waals surface area contributed by atoms with Gasteiger partial charge in [0.2, 0.25) is 5.91 Å². The van der Waals surface area contributed by atoms with Crippen molar-refractivity contribution in [1.29, 1.82) is 0 Å². The summed E-state index contributed by atoms with van der Waals surface area (Å²) >= 11 is 0. The molecule has 2 heterocycles. The third kappa shape index (κ3) is 2.65. The van der Waals surface area contributed by atoms with E-state index in [1.165, 1.54) is 0 Å². The van der Waals surface area contributed by atoms with Gasteiger partial charge in [0.25, 0.3) is 0 Å². The largest absolute Gasteiger partial charge is 0.383 e. The minimum absolute atomic E-state index is 0.0212. The number of hydrogen-bond donors (Lipinski definition) is 1. The lowest BCUT2D eigenvalue weighted by molar-refractivity contribution is -0.125. The van der Waals surface area contributed by atoms with Crippen LogP contribution in [0.1, 0.15) is 11.7 Å². The van der Waals surface area contributed by atoms with Crippen LogP contribution in [0.25, 0.3) is 0 Å². The second kappa shape index (κ2) is 5.29. The van der Waals surface area contributed by atoms with Crippen molar-refractivity contribution in [3.05, 3.63) is 18.2 Å². The third-order valence-electron chi connectivity index (χ3n) is 2.91. The summed E-state index contributed by atoms with van der Waals surface area (Å²) in [5.41, 5.74) is 1.07. The van der Waals surface area contributed by atoms with Gasteiger partial charge >= 0.3 is 0 Å². The summed E-state index contributed by atoms with van der Waals surface area (Å²) in [6, 6.07) is -0.192. The van der Waals surface area contributed by atoms with Gasteiger partial charge in [-0.15, -0.1) is 0 Å². The molecule has 0 spiro atoms. The average Bonchev–Trinajstić information content (AvgIpc) is 2.75. The lowest BCUT2D eigenvalue weighted by Crippen LogP contribution is -2.43. The molecule has 2 rings (SSSR count). The fourth-order valence-corrected chi connectivity index (χ4v) is 2.06. The van der Waals surface area contributed by atoms with Crippen LogP contribution in [0.15, 0.2) is 12.5 Å². The number of carbonyl (C=O) groups is 1. The van der Waals surface area contributed by atoms with Gasteiger partial charge in [-0.2, -0.15) is 0 Å². The Morgan fingerprint density at radius 3 is 3.29 bits per heavy atom. The van der Waals surface area contributed by atoms with Crippen molar-refractivity contribution in [3.8, 4) is 0 Å². The molecule has 94 valence electrons. The van der Waals surface area contributed by atoms with Crippen molar-refractivity contribution in [2.75, 3.05) is 33.9 Å². The molecule has 0 saturated carbocycles. The highest BCUT2D eigenvalue weighted by Gasteiger charge is 2.28. The Balaban J connectivity index is 2.04. The number of aromatic nitrogens is 2. The number of imidazole rings is 1. The van der Waals surface area contributed by atoms with Crippen molar-refractivity contribution >= 4 is 5.91 Å². The van der Waals surface area contributed by atoms with Crippen molar-refractivity contribution in [3.63, 3.8) is 0 Å². The molecule has 0 bridgehead atoms. The zero-order valence-electron chi connectivity index (χ0n) is 10.2. The predicted octanol–water partition coefficient (Wildman–Crippen LogP) is -0.368. The quantitative estimate of drug-likeness (QED) is 0.727. The Morgan fingerprint density at radius 1 is 1.71 bits per heavy atom. The van der Waals surface area contributed by atoms with Gasteiger partial charge in [0.1, 0.15) is 6.04 Å². The van der Waals surface area contributed by atoms with E-state index in [2.05, 4.69) is 15.2 Å². The van der Waals surface area contributed by atoms with Crippen LogP contribution in [0.5, 0.6) is 0 Å². The van der Waals surface area contributed by atoms with Gasteiger partial charge in [0.05, 0.1) is 18.6 Å². The van der Waals surface area contributed by atoms with Crippen LogP contribution in [0.3, 0.4) is 0 Å². The molecule has 0 aromatic carbocycles. The minimum atomic E-state index is -0.192. The fourth-order valence-electron chi connectivity index (χ4n) is 2.06.